The van der Waals surface area contributed by atoms with E-state index in [9.17, 15) is 0 Å². The fraction of sp³-hybridized carbons (Fsp3) is 0.403. The Morgan fingerprint density at radius 3 is 1.70 bits per heavy atom. The lowest BCUT2D eigenvalue weighted by Crippen LogP contribution is -2.50. The van der Waals surface area contributed by atoms with Gasteiger partial charge in [0.25, 0.3) is 0 Å². The molecule has 8 atom stereocenters. The van der Waals surface area contributed by atoms with Crippen LogP contribution in [0, 0.1) is 28.6 Å². The molecular weight excluding hydrogens is 833 g/mol. The minimum Gasteiger partial charge on any atom is -0.361 e. The van der Waals surface area contributed by atoms with Crippen molar-refractivity contribution in [1.29, 1.82) is 0 Å². The van der Waals surface area contributed by atoms with E-state index in [4.69, 9.17) is 0 Å². The fourth-order valence-electron chi connectivity index (χ4n) is 13.6. The second-order valence-electron chi connectivity index (χ2n) is 24.5. The molecule has 3 aromatic carbocycles. The highest BCUT2D eigenvalue weighted by Gasteiger charge is 2.51. The molecule has 8 aliphatic rings. The molecule has 0 radical (unpaired) electrons. The molecular formula is C67H76N2. The van der Waals surface area contributed by atoms with Gasteiger partial charge in [-0.05, 0) is 154 Å². The summed E-state index contributed by atoms with van der Waals surface area (Å²) in [6.45, 7) is 19.3. The van der Waals surface area contributed by atoms with Crippen molar-refractivity contribution in [2.75, 3.05) is 4.90 Å². The summed E-state index contributed by atoms with van der Waals surface area (Å²) in [5.41, 5.74) is 18.1. The van der Waals surface area contributed by atoms with Gasteiger partial charge in [0.05, 0.1) is 18.1 Å². The maximum Gasteiger partial charge on any atom is 0.0562 e. The predicted molar refractivity (Wildman–Crippen MR) is 292 cm³/mol. The summed E-state index contributed by atoms with van der Waals surface area (Å²) in [7, 11) is 0. The lowest BCUT2D eigenvalue weighted by Gasteiger charge is -2.56. The molecule has 0 saturated heterocycles. The van der Waals surface area contributed by atoms with E-state index in [2.05, 4.69) is 235 Å². The number of allylic oxidation sites excluding steroid dienone is 16. The number of rotatable bonds is 8. The highest BCUT2D eigenvalue weighted by atomic mass is 15.2. The zero-order valence-corrected chi connectivity index (χ0v) is 42.8. The molecule has 0 bridgehead atoms. The monoisotopic (exact) mass is 909 g/mol. The number of hydrogen-bond acceptors (Lipinski definition) is 2. The van der Waals surface area contributed by atoms with Gasteiger partial charge in [-0.3, -0.25) is 0 Å². The molecule has 354 valence electrons. The van der Waals surface area contributed by atoms with E-state index in [1.807, 2.05) is 0 Å². The first-order valence-electron chi connectivity index (χ1n) is 26.6. The summed E-state index contributed by atoms with van der Waals surface area (Å²) in [4.78, 5) is 5.67. The Hall–Kier alpha value is -5.60. The van der Waals surface area contributed by atoms with Crippen molar-refractivity contribution in [3.8, 4) is 0 Å². The van der Waals surface area contributed by atoms with Crippen LogP contribution in [-0.4, -0.2) is 23.0 Å². The predicted octanol–water partition coefficient (Wildman–Crippen LogP) is 16.9. The molecule has 2 nitrogen and oxygen atoms in total. The summed E-state index contributed by atoms with van der Waals surface area (Å²) in [6, 6.07) is 32.7. The Kier molecular flexibility index (Phi) is 11.9. The molecule has 8 unspecified atom stereocenters. The van der Waals surface area contributed by atoms with E-state index >= 15 is 0 Å². The number of anilines is 1. The van der Waals surface area contributed by atoms with Crippen LogP contribution in [0.15, 0.2) is 215 Å². The van der Waals surface area contributed by atoms with Gasteiger partial charge in [-0.25, -0.2) is 0 Å². The highest BCUT2D eigenvalue weighted by molar-refractivity contribution is 5.61. The Balaban J connectivity index is 0.949. The van der Waals surface area contributed by atoms with Gasteiger partial charge in [0.1, 0.15) is 0 Å². The van der Waals surface area contributed by atoms with Crippen LogP contribution in [0.4, 0.5) is 5.69 Å². The largest absolute Gasteiger partial charge is 0.361 e. The zero-order chi connectivity index (χ0) is 47.7. The van der Waals surface area contributed by atoms with Crippen molar-refractivity contribution >= 4 is 5.69 Å². The van der Waals surface area contributed by atoms with Crippen molar-refractivity contribution in [2.24, 2.45) is 28.6 Å². The van der Waals surface area contributed by atoms with Crippen molar-refractivity contribution < 1.29 is 0 Å². The standard InChI is InChI=1S/C67H76N2/c1-65(2,3)54-26-32-56(33-27-54)68(58-30-23-49-39-47(19-21-51(49)41-58)45-15-11-9-12-16-45)60-43-53-25-36-63(61-37-38-67(7,8)62(44-60)64(53)61)69(57-34-28-55(29-35-57)66(4,5)6)59-31-24-50-40-48(20-22-52(50)42-59)46-17-13-10-14-18-46/h9-32,34-36,43,47-48,56,58-59,61-62,64H,33,37-42,44H2,1-8H3. The third-order valence-electron chi connectivity index (χ3n) is 17.7. The van der Waals surface area contributed by atoms with E-state index in [0.717, 1.165) is 38.5 Å². The van der Waals surface area contributed by atoms with Crippen LogP contribution in [0.2, 0.25) is 0 Å². The number of hydrogen-bond donors (Lipinski definition) is 0. The van der Waals surface area contributed by atoms with E-state index in [1.165, 1.54) is 74.5 Å². The smallest absolute Gasteiger partial charge is 0.0562 e. The first-order chi connectivity index (χ1) is 33.2. The third-order valence-corrected chi connectivity index (χ3v) is 17.7. The molecule has 0 heterocycles. The van der Waals surface area contributed by atoms with Crippen LogP contribution in [0.3, 0.4) is 0 Å². The summed E-state index contributed by atoms with van der Waals surface area (Å²) in [5.74, 6) is 2.37. The topological polar surface area (TPSA) is 6.48 Å². The van der Waals surface area contributed by atoms with E-state index < -0.39 is 0 Å². The first kappa shape index (κ1) is 45.8. The highest BCUT2D eigenvalue weighted by Crippen LogP contribution is 2.59. The van der Waals surface area contributed by atoms with Gasteiger partial charge in [0.15, 0.2) is 0 Å². The maximum absolute atomic E-state index is 2.89. The van der Waals surface area contributed by atoms with Gasteiger partial charge < -0.3 is 9.80 Å². The molecule has 0 spiro atoms. The average molecular weight is 909 g/mol. The minimum atomic E-state index is 0.101. The summed E-state index contributed by atoms with van der Waals surface area (Å²) in [5, 5.41) is 0. The van der Waals surface area contributed by atoms with Crippen LogP contribution in [0.25, 0.3) is 0 Å². The minimum absolute atomic E-state index is 0.101. The molecule has 0 amide bonds. The Morgan fingerprint density at radius 2 is 1.12 bits per heavy atom. The van der Waals surface area contributed by atoms with Gasteiger partial charge in [0.2, 0.25) is 0 Å². The molecule has 0 aromatic heterocycles. The zero-order valence-electron chi connectivity index (χ0n) is 42.8. The van der Waals surface area contributed by atoms with Crippen molar-refractivity contribution in [3.05, 3.63) is 232 Å². The average Bonchev–Trinajstić information content (AvgIpc) is 3.35. The van der Waals surface area contributed by atoms with Crippen LogP contribution in [-0.2, 0) is 5.41 Å². The molecule has 1 saturated carbocycles. The van der Waals surface area contributed by atoms with Gasteiger partial charge in [-0.1, -0.05) is 201 Å². The second-order valence-corrected chi connectivity index (χ2v) is 24.5. The molecule has 11 rings (SSSR count). The molecule has 8 aliphatic carbocycles. The molecule has 1 fully saturated rings. The van der Waals surface area contributed by atoms with Gasteiger partial charge >= 0.3 is 0 Å². The van der Waals surface area contributed by atoms with Crippen LogP contribution in [0.1, 0.15) is 135 Å². The Morgan fingerprint density at radius 1 is 0.551 bits per heavy atom. The van der Waals surface area contributed by atoms with Gasteiger partial charge in [0, 0.05) is 34.8 Å². The van der Waals surface area contributed by atoms with E-state index in [0.29, 0.717) is 41.7 Å². The van der Waals surface area contributed by atoms with E-state index in [1.54, 1.807) is 5.57 Å². The van der Waals surface area contributed by atoms with Crippen LogP contribution in [0.5, 0.6) is 0 Å². The SMILES string of the molecule is CC(C)(C)C1=CCC(N(C2=CC3=CC=C(N(c4ccc(C(C)(C)C)cc4)C4C=CC5=C(C=CC(c6ccccc6)C5)C4)C4CCC(C)(C)C(C2)C34)C2C=CC3=C(C=CC(c4ccccc4)C3)C2)C=C1. The molecule has 0 aliphatic heterocycles. The molecule has 69 heavy (non-hydrogen) atoms. The Bertz CT molecular complexity index is 2790. The van der Waals surface area contributed by atoms with Crippen molar-refractivity contribution in [2.45, 2.75) is 142 Å². The molecule has 0 N–H and O–H groups in total. The van der Waals surface area contributed by atoms with Crippen molar-refractivity contribution in [1.82, 2.24) is 4.90 Å². The normalized spacial score (nSPS) is 29.0. The van der Waals surface area contributed by atoms with Gasteiger partial charge in [-0.2, -0.15) is 0 Å². The van der Waals surface area contributed by atoms with Crippen LogP contribution < -0.4 is 4.90 Å². The van der Waals surface area contributed by atoms with Gasteiger partial charge in [-0.15, -0.1) is 0 Å². The quantitative estimate of drug-likeness (QED) is 0.222. The Labute approximate surface area is 415 Å². The molecule has 2 heteroatoms. The number of nitrogens with zero attached hydrogens (tertiary/aromatic N) is 2. The third kappa shape index (κ3) is 8.96. The fourth-order valence-corrected chi connectivity index (χ4v) is 13.6. The number of benzene rings is 3. The summed E-state index contributed by atoms with van der Waals surface area (Å²) >= 11 is 0. The van der Waals surface area contributed by atoms with E-state index in [-0.39, 0.29) is 22.3 Å². The first-order valence-corrected chi connectivity index (χ1v) is 26.6. The molecule has 3 aromatic rings. The second kappa shape index (κ2) is 18.0. The maximum atomic E-state index is 2.89. The van der Waals surface area contributed by atoms with Crippen molar-refractivity contribution in [3.63, 3.8) is 0 Å². The lowest BCUT2D eigenvalue weighted by atomic mass is 9.53. The summed E-state index contributed by atoms with van der Waals surface area (Å²) < 4.78 is 0. The van der Waals surface area contributed by atoms with Crippen LogP contribution >= 0.6 is 0 Å². The lowest BCUT2D eigenvalue weighted by molar-refractivity contribution is 0.0454. The summed E-state index contributed by atoms with van der Waals surface area (Å²) in [6.07, 6.45) is 44.3.